The Kier molecular flexibility index (Phi) is 6.48. The number of ketones is 1. The minimum atomic E-state index is -3.62. The normalized spacial score (nSPS) is 15.1. The van der Waals surface area contributed by atoms with Crippen LogP contribution in [-0.4, -0.2) is 36.0 Å². The van der Waals surface area contributed by atoms with Gasteiger partial charge in [-0.15, -0.1) is 0 Å². The summed E-state index contributed by atoms with van der Waals surface area (Å²) in [4.78, 5) is 16.6. The maximum absolute atomic E-state index is 12.3. The third kappa shape index (κ3) is 5.02. The van der Waals surface area contributed by atoms with Gasteiger partial charge in [0.05, 0.1) is 22.9 Å². The Hall–Kier alpha value is -2.65. The lowest BCUT2D eigenvalue weighted by Gasteiger charge is -2.16. The van der Waals surface area contributed by atoms with E-state index in [2.05, 4.69) is 15.9 Å². The van der Waals surface area contributed by atoms with Gasteiger partial charge in [0.2, 0.25) is 10.0 Å². The van der Waals surface area contributed by atoms with Gasteiger partial charge in [0, 0.05) is 33.4 Å². The van der Waals surface area contributed by atoms with Crippen molar-refractivity contribution in [2.24, 2.45) is 0 Å². The van der Waals surface area contributed by atoms with Crippen molar-refractivity contribution < 1.29 is 13.2 Å². The van der Waals surface area contributed by atoms with Gasteiger partial charge >= 0.3 is 0 Å². The number of carbonyl (C=O) groups excluding carboxylic acids is 1. The molecule has 4 aromatic rings. The number of hydrogen-bond acceptors (Lipinski definition) is 4. The van der Waals surface area contributed by atoms with Crippen molar-refractivity contribution in [3.63, 3.8) is 0 Å². The highest BCUT2D eigenvalue weighted by molar-refractivity contribution is 9.10. The van der Waals surface area contributed by atoms with Gasteiger partial charge in [0.1, 0.15) is 11.6 Å². The maximum Gasteiger partial charge on any atom is 0.242 e. The number of halogens is 3. The molecule has 0 bridgehead atoms. The van der Waals surface area contributed by atoms with Gasteiger partial charge in [-0.3, -0.25) is 9.10 Å². The first-order valence-electron chi connectivity index (χ1n) is 10.6. The van der Waals surface area contributed by atoms with Crippen LogP contribution in [0.15, 0.2) is 77.4 Å². The zero-order valence-electron chi connectivity index (χ0n) is 18.2. The summed E-state index contributed by atoms with van der Waals surface area (Å²) in [5, 5.41) is 1.04. The van der Waals surface area contributed by atoms with Gasteiger partial charge in [-0.05, 0) is 60.2 Å². The molecule has 10 heteroatoms. The monoisotopic (exact) mass is 589 g/mol. The minimum absolute atomic E-state index is 0.138. The second-order valence-corrected chi connectivity index (χ2v) is 11.8. The van der Waals surface area contributed by atoms with E-state index in [1.54, 1.807) is 24.3 Å². The summed E-state index contributed by atoms with van der Waals surface area (Å²) in [7, 11) is -3.62. The number of sulfonamides is 1. The first kappa shape index (κ1) is 24.1. The molecule has 0 spiro atoms. The van der Waals surface area contributed by atoms with E-state index in [1.807, 2.05) is 53.2 Å². The molecule has 5 rings (SSSR count). The summed E-state index contributed by atoms with van der Waals surface area (Å²) < 4.78 is 28.7. The van der Waals surface area contributed by atoms with E-state index < -0.39 is 15.8 Å². The van der Waals surface area contributed by atoms with Gasteiger partial charge in [0.15, 0.2) is 5.78 Å². The molecule has 1 saturated heterocycles. The predicted octanol–water partition coefficient (Wildman–Crippen LogP) is 5.92. The number of nitrogens with zero attached hydrogens (tertiary/aromatic N) is 3. The smallest absolute Gasteiger partial charge is 0.242 e. The second kappa shape index (κ2) is 9.43. The predicted molar refractivity (Wildman–Crippen MR) is 142 cm³/mol. The molecule has 0 atom stereocenters. The number of benzene rings is 3. The van der Waals surface area contributed by atoms with Crippen LogP contribution in [0.2, 0.25) is 10.0 Å². The topological polar surface area (TPSA) is 72.3 Å². The number of Topliss-reactive ketones (excluding diaryl/α,β-unsaturated/α-hetero) is 1. The average molecular weight is 591 g/mol. The Morgan fingerprint density at radius 2 is 1.63 bits per heavy atom. The van der Waals surface area contributed by atoms with Crippen LogP contribution in [0.1, 0.15) is 11.4 Å². The van der Waals surface area contributed by atoms with E-state index in [-0.39, 0.29) is 12.3 Å². The van der Waals surface area contributed by atoms with Crippen molar-refractivity contribution in [3.05, 3.63) is 98.8 Å². The fourth-order valence-electron chi connectivity index (χ4n) is 4.00. The fourth-order valence-corrected chi connectivity index (χ4v) is 6.20. The highest BCUT2D eigenvalue weighted by Crippen LogP contribution is 2.32. The Morgan fingerprint density at radius 3 is 2.26 bits per heavy atom. The van der Waals surface area contributed by atoms with E-state index in [0.717, 1.165) is 31.4 Å². The van der Waals surface area contributed by atoms with E-state index >= 15 is 0 Å². The molecule has 2 heterocycles. The highest BCUT2D eigenvalue weighted by atomic mass is 79.9. The molecule has 1 aromatic heterocycles. The summed E-state index contributed by atoms with van der Waals surface area (Å²) in [6.45, 7) is -0.138. The molecular formula is C25H18BrCl2N3O3S. The number of imidazole rings is 1. The zero-order chi connectivity index (χ0) is 24.7. The Morgan fingerprint density at radius 1 is 0.943 bits per heavy atom. The van der Waals surface area contributed by atoms with Crippen LogP contribution < -0.4 is 4.31 Å². The van der Waals surface area contributed by atoms with Crippen molar-refractivity contribution in [1.82, 2.24) is 9.55 Å². The van der Waals surface area contributed by atoms with E-state index in [1.165, 1.54) is 0 Å². The first-order chi connectivity index (χ1) is 16.7. The fraction of sp³-hybridized carbons (Fsp3) is 0.120. The lowest BCUT2D eigenvalue weighted by molar-refractivity contribution is -0.114. The molecule has 0 saturated carbocycles. The molecular weight excluding hydrogens is 573 g/mol. The molecule has 35 heavy (non-hydrogen) atoms. The molecule has 1 aliphatic heterocycles. The molecule has 3 aromatic carbocycles. The Labute approximate surface area is 221 Å². The van der Waals surface area contributed by atoms with Crippen molar-refractivity contribution >= 4 is 60.6 Å². The van der Waals surface area contributed by atoms with Crippen molar-refractivity contribution in [2.75, 3.05) is 16.6 Å². The van der Waals surface area contributed by atoms with Crippen LogP contribution in [0.3, 0.4) is 0 Å². The van der Waals surface area contributed by atoms with E-state index in [9.17, 15) is 13.2 Å². The summed E-state index contributed by atoms with van der Waals surface area (Å²) in [5.74, 6) is 0.00811. The number of carbonyl (C=O) groups is 1. The minimum Gasteiger partial charge on any atom is -0.303 e. The Bertz CT molecular complexity index is 1540. The number of hydrogen-bond donors (Lipinski definition) is 0. The second-order valence-electron chi connectivity index (χ2n) is 8.16. The van der Waals surface area contributed by atoms with Gasteiger partial charge in [0.25, 0.3) is 0 Å². The van der Waals surface area contributed by atoms with E-state index in [0.29, 0.717) is 27.8 Å². The van der Waals surface area contributed by atoms with Crippen LogP contribution in [0.4, 0.5) is 5.69 Å². The van der Waals surface area contributed by atoms with Gasteiger partial charge < -0.3 is 4.57 Å². The molecule has 0 aliphatic carbocycles. The number of rotatable bonds is 5. The lowest BCUT2D eigenvalue weighted by Crippen LogP contribution is -2.25. The maximum atomic E-state index is 12.3. The molecule has 1 aliphatic rings. The largest absolute Gasteiger partial charge is 0.303 e. The average Bonchev–Trinajstić information content (AvgIpc) is 3.34. The van der Waals surface area contributed by atoms with Crippen molar-refractivity contribution in [3.8, 4) is 16.9 Å². The zero-order valence-corrected chi connectivity index (χ0v) is 22.1. The van der Waals surface area contributed by atoms with E-state index in [4.69, 9.17) is 28.2 Å². The highest BCUT2D eigenvalue weighted by Gasteiger charge is 2.34. The quantitative estimate of drug-likeness (QED) is 0.289. The van der Waals surface area contributed by atoms with Crippen LogP contribution >= 0.6 is 39.1 Å². The summed E-state index contributed by atoms with van der Waals surface area (Å²) >= 11 is 16.0. The van der Waals surface area contributed by atoms with Crippen LogP contribution in [0.25, 0.3) is 16.9 Å². The molecule has 6 nitrogen and oxygen atoms in total. The molecule has 1 fully saturated rings. The van der Waals surface area contributed by atoms with Crippen molar-refractivity contribution in [2.45, 2.75) is 6.42 Å². The van der Waals surface area contributed by atoms with Gasteiger partial charge in [-0.25, -0.2) is 13.4 Å². The first-order valence-corrected chi connectivity index (χ1v) is 13.8. The standard InChI is InChI=1S/C25H18BrCl2N3O3S/c26-17-3-1-16(2-4-17)11-25-29-24(22-10-5-18(27)12-23(22)28)14-30(25)19-6-8-20(9-7-19)31-13-21(32)15-35(31,33)34/h1-10,12,14H,11,13,15H2. The summed E-state index contributed by atoms with van der Waals surface area (Å²) in [5.41, 5.74) is 3.77. The Balaban J connectivity index is 1.55. The molecule has 0 N–H and O–H groups in total. The molecule has 0 radical (unpaired) electrons. The SMILES string of the molecule is O=C1CN(c2ccc(-n3cc(-c4ccc(Cl)cc4Cl)nc3Cc3ccc(Br)cc3)cc2)S(=O)(=O)C1. The van der Waals surface area contributed by atoms with Crippen LogP contribution in [0, 0.1) is 0 Å². The molecule has 0 unspecified atom stereocenters. The number of anilines is 1. The lowest BCUT2D eigenvalue weighted by atomic mass is 10.1. The van der Waals surface area contributed by atoms with Crippen LogP contribution in [0.5, 0.6) is 0 Å². The number of aromatic nitrogens is 2. The van der Waals surface area contributed by atoms with Crippen molar-refractivity contribution in [1.29, 1.82) is 0 Å². The van der Waals surface area contributed by atoms with Crippen LogP contribution in [-0.2, 0) is 21.2 Å². The van der Waals surface area contributed by atoms with Gasteiger partial charge in [-0.2, -0.15) is 0 Å². The molecule has 178 valence electrons. The third-order valence-corrected chi connectivity index (χ3v) is 8.45. The summed E-state index contributed by atoms with van der Waals surface area (Å²) in [6.07, 6.45) is 2.46. The third-order valence-electron chi connectivity index (χ3n) is 5.68. The van der Waals surface area contributed by atoms with Gasteiger partial charge in [-0.1, -0.05) is 51.3 Å². The molecule has 0 amide bonds. The summed E-state index contributed by atoms with van der Waals surface area (Å²) in [6, 6.07) is 20.3.